The third-order valence-electron chi connectivity index (χ3n) is 2.84. The van der Waals surface area contributed by atoms with E-state index in [0.29, 0.717) is 13.1 Å². The fourth-order valence-electron chi connectivity index (χ4n) is 1.84. The number of halogens is 1. The first-order valence-corrected chi connectivity index (χ1v) is 6.14. The maximum atomic E-state index is 13.2. The summed E-state index contributed by atoms with van der Waals surface area (Å²) < 4.78 is 15.2. The first kappa shape index (κ1) is 13.2. The first-order valence-electron chi connectivity index (χ1n) is 6.14. The van der Waals surface area contributed by atoms with E-state index in [2.05, 4.69) is 10.3 Å². The zero-order chi connectivity index (χ0) is 13.7. The molecule has 0 amide bonds. The van der Waals surface area contributed by atoms with Crippen molar-refractivity contribution in [2.45, 2.75) is 20.0 Å². The molecule has 2 aromatic rings. The normalized spacial score (nSPS) is 10.4. The highest BCUT2D eigenvalue weighted by Gasteiger charge is 2.06. The topological polar surface area (TPSA) is 53.6 Å². The lowest BCUT2D eigenvalue weighted by Crippen LogP contribution is -2.16. The minimum Gasteiger partial charge on any atom is -0.329 e. The van der Waals surface area contributed by atoms with Crippen molar-refractivity contribution in [3.05, 3.63) is 53.4 Å². The van der Waals surface area contributed by atoms with Crippen LogP contribution in [0.1, 0.15) is 23.9 Å². The summed E-state index contributed by atoms with van der Waals surface area (Å²) in [5.74, 6) is 0.439. The standard InChI is InChI=1S/C14H15FN4/c1-2-17-9-14-18-5-6-19(14)10-11-3-4-13(15)12(7-11)8-16/h3-7,17H,2,9-10H2,1H3. The van der Waals surface area contributed by atoms with Crippen LogP contribution in [0, 0.1) is 17.1 Å². The van der Waals surface area contributed by atoms with Gasteiger partial charge in [-0.25, -0.2) is 9.37 Å². The van der Waals surface area contributed by atoms with Crippen LogP contribution < -0.4 is 5.32 Å². The minimum absolute atomic E-state index is 0.0749. The van der Waals surface area contributed by atoms with Gasteiger partial charge in [-0.05, 0) is 24.2 Å². The molecular weight excluding hydrogens is 243 g/mol. The average Bonchev–Trinajstić information content (AvgIpc) is 2.86. The lowest BCUT2D eigenvalue weighted by molar-refractivity contribution is 0.619. The highest BCUT2D eigenvalue weighted by atomic mass is 19.1. The quantitative estimate of drug-likeness (QED) is 0.893. The predicted octanol–water partition coefficient (Wildman–Crippen LogP) is 2.05. The summed E-state index contributed by atoms with van der Waals surface area (Å²) in [6.45, 7) is 4.18. The average molecular weight is 258 g/mol. The molecule has 0 aliphatic heterocycles. The summed E-state index contributed by atoms with van der Waals surface area (Å²) in [5.41, 5.74) is 0.958. The molecule has 1 aromatic carbocycles. The number of hydrogen-bond donors (Lipinski definition) is 1. The van der Waals surface area contributed by atoms with Crippen LogP contribution in [0.3, 0.4) is 0 Å². The number of nitrogens with zero attached hydrogens (tertiary/aromatic N) is 3. The van der Waals surface area contributed by atoms with Gasteiger partial charge in [0, 0.05) is 18.9 Å². The summed E-state index contributed by atoms with van der Waals surface area (Å²) in [6.07, 6.45) is 3.61. The zero-order valence-electron chi connectivity index (χ0n) is 10.7. The number of nitrogens with one attached hydrogen (secondary N) is 1. The van der Waals surface area contributed by atoms with E-state index < -0.39 is 5.82 Å². The van der Waals surface area contributed by atoms with Crippen LogP contribution in [0.25, 0.3) is 0 Å². The number of nitriles is 1. The van der Waals surface area contributed by atoms with Crippen LogP contribution in [0.2, 0.25) is 0 Å². The molecule has 0 aliphatic carbocycles. The Morgan fingerprint density at radius 2 is 2.32 bits per heavy atom. The maximum absolute atomic E-state index is 13.2. The number of benzene rings is 1. The van der Waals surface area contributed by atoms with Crippen molar-refractivity contribution in [1.29, 1.82) is 5.26 Å². The zero-order valence-corrected chi connectivity index (χ0v) is 10.7. The number of aromatic nitrogens is 2. The van der Waals surface area contributed by atoms with Gasteiger partial charge < -0.3 is 9.88 Å². The molecule has 1 aromatic heterocycles. The van der Waals surface area contributed by atoms with Crippen LogP contribution in [-0.4, -0.2) is 16.1 Å². The molecule has 0 aliphatic rings. The lowest BCUT2D eigenvalue weighted by atomic mass is 10.1. The maximum Gasteiger partial charge on any atom is 0.140 e. The minimum atomic E-state index is -0.482. The van der Waals surface area contributed by atoms with Crippen LogP contribution in [0.5, 0.6) is 0 Å². The largest absolute Gasteiger partial charge is 0.329 e. The molecule has 4 nitrogen and oxygen atoms in total. The monoisotopic (exact) mass is 258 g/mol. The molecule has 2 rings (SSSR count). The van der Waals surface area contributed by atoms with Crippen LogP contribution in [0.15, 0.2) is 30.6 Å². The number of hydrogen-bond acceptors (Lipinski definition) is 3. The summed E-state index contributed by atoms with van der Waals surface area (Å²) >= 11 is 0. The molecule has 0 saturated carbocycles. The summed E-state index contributed by atoms with van der Waals surface area (Å²) in [7, 11) is 0. The summed E-state index contributed by atoms with van der Waals surface area (Å²) in [4.78, 5) is 4.27. The molecule has 0 radical (unpaired) electrons. The molecular formula is C14H15FN4. The van der Waals surface area contributed by atoms with Gasteiger partial charge >= 0.3 is 0 Å². The summed E-state index contributed by atoms with van der Waals surface area (Å²) in [5, 5.41) is 12.0. The number of imidazole rings is 1. The Bertz CT molecular complexity index is 598. The third-order valence-corrected chi connectivity index (χ3v) is 2.84. The highest BCUT2D eigenvalue weighted by Crippen LogP contribution is 2.12. The molecule has 1 N–H and O–H groups in total. The Labute approximate surface area is 111 Å². The van der Waals surface area contributed by atoms with E-state index in [1.807, 2.05) is 23.8 Å². The third kappa shape index (κ3) is 3.18. The number of rotatable bonds is 5. The van der Waals surface area contributed by atoms with Crippen LogP contribution in [0.4, 0.5) is 4.39 Å². The Morgan fingerprint density at radius 1 is 1.47 bits per heavy atom. The fraction of sp³-hybridized carbons (Fsp3) is 0.286. The van der Waals surface area contributed by atoms with Gasteiger partial charge in [-0.1, -0.05) is 13.0 Å². The van der Waals surface area contributed by atoms with Gasteiger partial charge in [-0.15, -0.1) is 0 Å². The molecule has 0 unspecified atom stereocenters. The molecule has 0 bridgehead atoms. The van der Waals surface area contributed by atoms with Crippen LogP contribution >= 0.6 is 0 Å². The van der Waals surface area contributed by atoms with Crippen molar-refractivity contribution >= 4 is 0 Å². The van der Waals surface area contributed by atoms with E-state index in [0.717, 1.165) is 17.9 Å². The molecule has 19 heavy (non-hydrogen) atoms. The molecule has 1 heterocycles. The molecule has 0 fully saturated rings. The van der Waals surface area contributed by atoms with E-state index in [1.165, 1.54) is 6.07 Å². The smallest absolute Gasteiger partial charge is 0.140 e. The van der Waals surface area contributed by atoms with Gasteiger partial charge in [-0.2, -0.15) is 5.26 Å². The molecule has 0 atom stereocenters. The molecule has 0 spiro atoms. The van der Waals surface area contributed by atoms with Crippen molar-refractivity contribution in [3.63, 3.8) is 0 Å². The fourth-order valence-corrected chi connectivity index (χ4v) is 1.84. The molecule has 5 heteroatoms. The van der Waals surface area contributed by atoms with E-state index in [1.54, 1.807) is 18.3 Å². The van der Waals surface area contributed by atoms with Crippen molar-refractivity contribution in [1.82, 2.24) is 14.9 Å². The van der Waals surface area contributed by atoms with Gasteiger partial charge in [0.05, 0.1) is 12.1 Å². The van der Waals surface area contributed by atoms with Crippen molar-refractivity contribution < 1.29 is 4.39 Å². The highest BCUT2D eigenvalue weighted by molar-refractivity contribution is 5.34. The Morgan fingerprint density at radius 3 is 3.05 bits per heavy atom. The van der Waals surface area contributed by atoms with E-state index >= 15 is 0 Å². The first-order chi connectivity index (χ1) is 9.24. The SMILES string of the molecule is CCNCc1nccn1Cc1ccc(F)c(C#N)c1. The second-order valence-corrected chi connectivity index (χ2v) is 4.18. The Kier molecular flexibility index (Phi) is 4.26. The van der Waals surface area contributed by atoms with Crippen LogP contribution in [-0.2, 0) is 13.1 Å². The molecule has 0 saturated heterocycles. The van der Waals surface area contributed by atoms with Gasteiger partial charge in [0.15, 0.2) is 0 Å². The second kappa shape index (κ2) is 6.12. The Hall–Kier alpha value is -2.19. The predicted molar refractivity (Wildman–Crippen MR) is 69.8 cm³/mol. The van der Waals surface area contributed by atoms with Crippen molar-refractivity contribution in [2.75, 3.05) is 6.54 Å². The Balaban J connectivity index is 2.17. The second-order valence-electron chi connectivity index (χ2n) is 4.18. The van der Waals surface area contributed by atoms with Gasteiger partial charge in [0.2, 0.25) is 0 Å². The van der Waals surface area contributed by atoms with Gasteiger partial charge in [0.25, 0.3) is 0 Å². The van der Waals surface area contributed by atoms with E-state index in [-0.39, 0.29) is 5.56 Å². The van der Waals surface area contributed by atoms with Gasteiger partial charge in [0.1, 0.15) is 17.7 Å². The lowest BCUT2D eigenvalue weighted by Gasteiger charge is -2.08. The van der Waals surface area contributed by atoms with Crippen molar-refractivity contribution in [3.8, 4) is 6.07 Å². The summed E-state index contributed by atoms with van der Waals surface area (Å²) in [6, 6.07) is 6.44. The molecule has 98 valence electrons. The van der Waals surface area contributed by atoms with E-state index in [9.17, 15) is 4.39 Å². The van der Waals surface area contributed by atoms with Crippen molar-refractivity contribution in [2.24, 2.45) is 0 Å². The van der Waals surface area contributed by atoms with E-state index in [4.69, 9.17) is 5.26 Å². The van der Waals surface area contributed by atoms with Gasteiger partial charge in [-0.3, -0.25) is 0 Å².